The Balaban J connectivity index is 2.39. The molecule has 0 radical (unpaired) electrons. The monoisotopic (exact) mass is 226 g/mol. The third kappa shape index (κ3) is 4.42. The van der Waals surface area contributed by atoms with Crippen LogP contribution in [-0.4, -0.2) is 36.6 Å². The van der Waals surface area contributed by atoms with Crippen LogP contribution in [0.4, 0.5) is 0 Å². The molecule has 2 atom stereocenters. The van der Waals surface area contributed by atoms with E-state index in [0.29, 0.717) is 6.04 Å². The van der Waals surface area contributed by atoms with E-state index in [0.717, 1.165) is 18.5 Å². The first-order valence-electron chi connectivity index (χ1n) is 7.20. The molecule has 0 aromatic carbocycles. The van der Waals surface area contributed by atoms with Crippen LogP contribution < -0.4 is 5.32 Å². The van der Waals surface area contributed by atoms with E-state index < -0.39 is 0 Å². The third-order valence-corrected chi connectivity index (χ3v) is 3.89. The van der Waals surface area contributed by atoms with Gasteiger partial charge in [-0.05, 0) is 38.3 Å². The highest BCUT2D eigenvalue weighted by Crippen LogP contribution is 2.27. The lowest BCUT2D eigenvalue weighted by Crippen LogP contribution is -2.45. The molecule has 2 heteroatoms. The van der Waals surface area contributed by atoms with Gasteiger partial charge in [-0.25, -0.2) is 0 Å². The number of hydrogen-bond acceptors (Lipinski definition) is 2. The molecular formula is C14H30N2. The van der Waals surface area contributed by atoms with E-state index in [1.807, 2.05) is 0 Å². The van der Waals surface area contributed by atoms with Crippen molar-refractivity contribution in [3.8, 4) is 0 Å². The molecule has 0 spiro atoms. The van der Waals surface area contributed by atoms with Gasteiger partial charge in [0.25, 0.3) is 0 Å². The summed E-state index contributed by atoms with van der Waals surface area (Å²) >= 11 is 0. The largest absolute Gasteiger partial charge is 0.312 e. The Morgan fingerprint density at radius 1 is 1.25 bits per heavy atom. The van der Waals surface area contributed by atoms with Gasteiger partial charge in [-0.15, -0.1) is 0 Å². The molecule has 0 aromatic rings. The molecule has 0 amide bonds. The zero-order chi connectivity index (χ0) is 12.0. The minimum Gasteiger partial charge on any atom is -0.312 e. The molecule has 0 bridgehead atoms. The SMILES string of the molecule is CCCNC(CN(CC)C1CC1)C(C)CC. The van der Waals surface area contributed by atoms with Crippen LogP contribution in [0.2, 0.25) is 0 Å². The Bertz CT molecular complexity index is 178. The molecule has 16 heavy (non-hydrogen) atoms. The zero-order valence-corrected chi connectivity index (χ0v) is 11.6. The van der Waals surface area contributed by atoms with Crippen LogP contribution in [0.25, 0.3) is 0 Å². The van der Waals surface area contributed by atoms with Gasteiger partial charge in [-0.1, -0.05) is 34.1 Å². The molecule has 1 saturated carbocycles. The molecule has 1 aliphatic carbocycles. The van der Waals surface area contributed by atoms with E-state index in [2.05, 4.69) is 37.9 Å². The second-order valence-corrected chi connectivity index (χ2v) is 5.26. The quantitative estimate of drug-likeness (QED) is 0.650. The summed E-state index contributed by atoms with van der Waals surface area (Å²) in [6, 6.07) is 1.59. The fraction of sp³-hybridized carbons (Fsp3) is 1.00. The summed E-state index contributed by atoms with van der Waals surface area (Å²) in [5, 5.41) is 3.73. The zero-order valence-electron chi connectivity index (χ0n) is 11.6. The van der Waals surface area contributed by atoms with E-state index in [9.17, 15) is 0 Å². The van der Waals surface area contributed by atoms with E-state index in [4.69, 9.17) is 0 Å². The molecule has 0 saturated heterocycles. The fourth-order valence-electron chi connectivity index (χ4n) is 2.29. The van der Waals surface area contributed by atoms with Crippen LogP contribution >= 0.6 is 0 Å². The van der Waals surface area contributed by atoms with Gasteiger partial charge in [0.1, 0.15) is 0 Å². The Hall–Kier alpha value is -0.0800. The van der Waals surface area contributed by atoms with Crippen molar-refractivity contribution in [1.82, 2.24) is 10.2 Å². The average molecular weight is 226 g/mol. The molecular weight excluding hydrogens is 196 g/mol. The number of nitrogens with zero attached hydrogens (tertiary/aromatic N) is 1. The van der Waals surface area contributed by atoms with Crippen molar-refractivity contribution in [2.24, 2.45) is 5.92 Å². The minimum absolute atomic E-state index is 0.686. The predicted octanol–water partition coefficient (Wildman–Crippen LogP) is 2.89. The molecule has 1 aliphatic rings. The van der Waals surface area contributed by atoms with Crippen molar-refractivity contribution in [2.75, 3.05) is 19.6 Å². The molecule has 1 rings (SSSR count). The first kappa shape index (κ1) is 14.0. The Labute approximate surface area is 102 Å². The highest BCUT2D eigenvalue weighted by Gasteiger charge is 2.30. The lowest BCUT2D eigenvalue weighted by Gasteiger charge is -2.30. The smallest absolute Gasteiger partial charge is 0.0220 e. The average Bonchev–Trinajstić information content (AvgIpc) is 3.12. The molecule has 0 aromatic heterocycles. The van der Waals surface area contributed by atoms with Crippen molar-refractivity contribution >= 4 is 0 Å². The first-order valence-corrected chi connectivity index (χ1v) is 7.20. The lowest BCUT2D eigenvalue weighted by atomic mass is 9.98. The summed E-state index contributed by atoms with van der Waals surface area (Å²) in [5.41, 5.74) is 0. The number of rotatable bonds is 9. The maximum atomic E-state index is 3.73. The Morgan fingerprint density at radius 3 is 2.38 bits per heavy atom. The standard InChI is InChI=1S/C14H30N2/c1-5-10-15-14(12(4)6-2)11-16(7-3)13-8-9-13/h12-15H,5-11H2,1-4H3. The molecule has 1 fully saturated rings. The van der Waals surface area contributed by atoms with E-state index in [1.165, 1.54) is 38.8 Å². The maximum absolute atomic E-state index is 3.73. The lowest BCUT2D eigenvalue weighted by molar-refractivity contribution is 0.211. The topological polar surface area (TPSA) is 15.3 Å². The van der Waals surface area contributed by atoms with E-state index in [1.54, 1.807) is 0 Å². The number of likely N-dealkylation sites (N-methyl/N-ethyl adjacent to an activating group) is 1. The molecule has 1 N–H and O–H groups in total. The fourth-order valence-corrected chi connectivity index (χ4v) is 2.29. The predicted molar refractivity (Wildman–Crippen MR) is 71.8 cm³/mol. The van der Waals surface area contributed by atoms with E-state index >= 15 is 0 Å². The van der Waals surface area contributed by atoms with Crippen LogP contribution in [0, 0.1) is 5.92 Å². The summed E-state index contributed by atoms with van der Waals surface area (Å²) in [5.74, 6) is 0.791. The third-order valence-electron chi connectivity index (χ3n) is 3.89. The normalized spacial score (nSPS) is 20.1. The van der Waals surface area contributed by atoms with Gasteiger partial charge < -0.3 is 5.32 Å². The van der Waals surface area contributed by atoms with Gasteiger partial charge in [-0.3, -0.25) is 4.90 Å². The van der Waals surface area contributed by atoms with Crippen molar-refractivity contribution in [1.29, 1.82) is 0 Å². The molecule has 0 aliphatic heterocycles. The second-order valence-electron chi connectivity index (χ2n) is 5.26. The summed E-state index contributed by atoms with van der Waals surface area (Å²) in [4.78, 5) is 2.67. The molecule has 0 heterocycles. The minimum atomic E-state index is 0.686. The van der Waals surface area contributed by atoms with Crippen LogP contribution in [0.1, 0.15) is 53.4 Å². The summed E-state index contributed by atoms with van der Waals surface area (Å²) < 4.78 is 0. The van der Waals surface area contributed by atoms with Gasteiger partial charge in [-0.2, -0.15) is 0 Å². The van der Waals surface area contributed by atoms with Gasteiger partial charge in [0.2, 0.25) is 0 Å². The number of hydrogen-bond donors (Lipinski definition) is 1. The second kappa shape index (κ2) is 7.29. The summed E-state index contributed by atoms with van der Waals surface area (Å²) in [6.45, 7) is 12.9. The van der Waals surface area contributed by atoms with Crippen molar-refractivity contribution in [3.63, 3.8) is 0 Å². The highest BCUT2D eigenvalue weighted by molar-refractivity contribution is 4.87. The molecule has 96 valence electrons. The Kier molecular flexibility index (Phi) is 6.37. The first-order chi connectivity index (χ1) is 7.72. The van der Waals surface area contributed by atoms with Crippen LogP contribution in [0.5, 0.6) is 0 Å². The summed E-state index contributed by atoms with van der Waals surface area (Å²) in [7, 11) is 0. The molecule has 2 nitrogen and oxygen atoms in total. The van der Waals surface area contributed by atoms with Crippen molar-refractivity contribution in [3.05, 3.63) is 0 Å². The maximum Gasteiger partial charge on any atom is 0.0220 e. The summed E-state index contributed by atoms with van der Waals surface area (Å²) in [6.07, 6.45) is 5.37. The number of nitrogens with one attached hydrogen (secondary N) is 1. The molecule has 2 unspecified atom stereocenters. The highest BCUT2D eigenvalue weighted by atomic mass is 15.2. The van der Waals surface area contributed by atoms with Crippen LogP contribution in [-0.2, 0) is 0 Å². The van der Waals surface area contributed by atoms with Crippen molar-refractivity contribution < 1.29 is 0 Å². The van der Waals surface area contributed by atoms with E-state index in [-0.39, 0.29) is 0 Å². The van der Waals surface area contributed by atoms with Crippen LogP contribution in [0.15, 0.2) is 0 Å². The van der Waals surface area contributed by atoms with Crippen LogP contribution in [0.3, 0.4) is 0 Å². The van der Waals surface area contributed by atoms with Gasteiger partial charge in [0.05, 0.1) is 0 Å². The van der Waals surface area contributed by atoms with Gasteiger partial charge in [0.15, 0.2) is 0 Å². The Morgan fingerprint density at radius 2 is 1.94 bits per heavy atom. The van der Waals surface area contributed by atoms with Gasteiger partial charge >= 0.3 is 0 Å². The van der Waals surface area contributed by atoms with Crippen molar-refractivity contribution in [2.45, 2.75) is 65.5 Å². The van der Waals surface area contributed by atoms with Gasteiger partial charge in [0, 0.05) is 18.6 Å².